The van der Waals surface area contributed by atoms with Crippen LogP contribution in [0.5, 0.6) is 0 Å². The maximum absolute atomic E-state index is 12.2. The average Bonchev–Trinajstić information content (AvgIpc) is 2.83. The van der Waals surface area contributed by atoms with Crippen molar-refractivity contribution in [2.24, 2.45) is 5.92 Å². The van der Waals surface area contributed by atoms with Crippen LogP contribution < -0.4 is 10.9 Å². The molecule has 5 heteroatoms. The Morgan fingerprint density at radius 3 is 2.71 bits per heavy atom. The Labute approximate surface area is 125 Å². The lowest BCUT2D eigenvalue weighted by Gasteiger charge is -2.20. The van der Waals surface area contributed by atoms with E-state index in [9.17, 15) is 4.79 Å². The first-order valence-electron chi connectivity index (χ1n) is 7.27. The number of rotatable bonds is 4. The Morgan fingerprint density at radius 2 is 2.10 bits per heavy atom. The minimum Gasteiger partial charge on any atom is -0.325 e. The van der Waals surface area contributed by atoms with Gasteiger partial charge in [-0.1, -0.05) is 25.1 Å². The molecule has 1 amide bonds. The average molecular weight is 286 g/mol. The Bertz CT molecular complexity index is 544. The maximum Gasteiger partial charge on any atom is 0.239 e. The van der Waals surface area contributed by atoms with Crippen molar-refractivity contribution < 1.29 is 4.79 Å². The summed E-state index contributed by atoms with van der Waals surface area (Å²) >= 11 is 0. The number of carbonyl (C=O) groups is 1. The van der Waals surface area contributed by atoms with Gasteiger partial charge in [-0.15, -0.1) is 0 Å². The van der Waals surface area contributed by atoms with Crippen LogP contribution in [0.3, 0.4) is 0 Å². The largest absolute Gasteiger partial charge is 0.325 e. The number of anilines is 1. The van der Waals surface area contributed by atoms with E-state index in [4.69, 9.17) is 5.26 Å². The van der Waals surface area contributed by atoms with E-state index in [1.165, 1.54) is 0 Å². The van der Waals surface area contributed by atoms with E-state index in [0.29, 0.717) is 12.5 Å². The van der Waals surface area contributed by atoms with E-state index >= 15 is 0 Å². The molecule has 0 spiro atoms. The number of likely N-dealkylation sites (tertiary alicyclic amines) is 1. The van der Waals surface area contributed by atoms with Crippen LogP contribution in [0.4, 0.5) is 5.69 Å². The lowest BCUT2D eigenvalue weighted by atomic mass is 10.1. The van der Waals surface area contributed by atoms with Crippen molar-refractivity contribution in [2.75, 3.05) is 18.5 Å². The molecule has 0 bridgehead atoms. The summed E-state index contributed by atoms with van der Waals surface area (Å²) in [5.74, 6) is 0.356. The van der Waals surface area contributed by atoms with Crippen molar-refractivity contribution in [1.82, 2.24) is 10.3 Å². The number of nitrogens with one attached hydrogen (secondary N) is 2. The lowest BCUT2D eigenvalue weighted by molar-refractivity contribution is -0.130. The van der Waals surface area contributed by atoms with Crippen molar-refractivity contribution in [3.8, 4) is 6.07 Å². The SMILES string of the molecule is Cc1cccc(C)c1NNCC(=O)N1CC(C)CC1C#N. The molecule has 2 N–H and O–H groups in total. The highest BCUT2D eigenvalue weighted by Gasteiger charge is 2.32. The first-order chi connectivity index (χ1) is 10.0. The molecule has 1 saturated heterocycles. The second kappa shape index (κ2) is 6.59. The summed E-state index contributed by atoms with van der Waals surface area (Å²) in [5, 5.41) is 9.10. The molecular formula is C16H22N4O. The predicted octanol–water partition coefficient (Wildman–Crippen LogP) is 1.98. The minimum atomic E-state index is -0.283. The molecule has 0 aromatic heterocycles. The minimum absolute atomic E-state index is 0.0374. The van der Waals surface area contributed by atoms with Crippen LogP contribution in [0.25, 0.3) is 0 Å². The summed E-state index contributed by atoms with van der Waals surface area (Å²) in [6.07, 6.45) is 0.770. The second-order valence-corrected chi connectivity index (χ2v) is 5.78. The maximum atomic E-state index is 12.2. The highest BCUT2D eigenvalue weighted by atomic mass is 16.2. The molecule has 1 heterocycles. The Hall–Kier alpha value is -2.06. The van der Waals surface area contributed by atoms with Gasteiger partial charge in [-0.3, -0.25) is 4.79 Å². The van der Waals surface area contributed by atoms with Crippen LogP contribution in [-0.4, -0.2) is 29.9 Å². The molecule has 21 heavy (non-hydrogen) atoms. The number of hydrazine groups is 1. The zero-order chi connectivity index (χ0) is 15.4. The quantitative estimate of drug-likeness (QED) is 0.831. The summed E-state index contributed by atoms with van der Waals surface area (Å²) in [6, 6.07) is 7.97. The number of para-hydroxylation sites is 1. The standard InChI is InChI=1S/C16H22N4O/c1-11-7-14(8-17)20(10-11)15(21)9-18-19-16-12(2)5-4-6-13(16)3/h4-6,11,14,18-19H,7,9-10H2,1-3H3. The number of nitrogens with zero attached hydrogens (tertiary/aromatic N) is 2. The van der Waals surface area contributed by atoms with Crippen molar-refractivity contribution in [3.63, 3.8) is 0 Å². The van der Waals surface area contributed by atoms with Crippen LogP contribution in [0, 0.1) is 31.1 Å². The number of benzene rings is 1. The van der Waals surface area contributed by atoms with Gasteiger partial charge in [0, 0.05) is 6.54 Å². The van der Waals surface area contributed by atoms with Gasteiger partial charge < -0.3 is 10.3 Å². The summed E-state index contributed by atoms with van der Waals surface area (Å²) in [5.41, 5.74) is 9.31. The molecule has 2 rings (SSSR count). The Balaban J connectivity index is 1.89. The summed E-state index contributed by atoms with van der Waals surface area (Å²) in [4.78, 5) is 13.9. The lowest BCUT2D eigenvalue weighted by Crippen LogP contribution is -2.42. The van der Waals surface area contributed by atoms with Gasteiger partial charge >= 0.3 is 0 Å². The Morgan fingerprint density at radius 1 is 1.43 bits per heavy atom. The Kier molecular flexibility index (Phi) is 4.81. The topological polar surface area (TPSA) is 68.2 Å². The van der Waals surface area contributed by atoms with E-state index in [2.05, 4.69) is 23.8 Å². The molecule has 1 aromatic carbocycles. The number of amides is 1. The van der Waals surface area contributed by atoms with Crippen LogP contribution in [-0.2, 0) is 4.79 Å². The third-order valence-electron chi connectivity index (χ3n) is 3.91. The van der Waals surface area contributed by atoms with Gasteiger partial charge in [0.2, 0.25) is 5.91 Å². The summed E-state index contributed by atoms with van der Waals surface area (Å²) < 4.78 is 0. The van der Waals surface area contributed by atoms with Gasteiger partial charge in [0.25, 0.3) is 0 Å². The van der Waals surface area contributed by atoms with Gasteiger partial charge in [-0.2, -0.15) is 5.26 Å². The molecule has 0 aliphatic carbocycles. The van der Waals surface area contributed by atoms with Gasteiger partial charge in [-0.25, -0.2) is 5.43 Å². The van der Waals surface area contributed by atoms with Gasteiger partial charge in [0.15, 0.2) is 0 Å². The number of carbonyl (C=O) groups excluding carboxylic acids is 1. The van der Waals surface area contributed by atoms with Crippen LogP contribution in [0.2, 0.25) is 0 Å². The normalized spacial score (nSPS) is 21.1. The number of nitriles is 1. The van der Waals surface area contributed by atoms with Crippen molar-refractivity contribution in [2.45, 2.75) is 33.2 Å². The zero-order valence-corrected chi connectivity index (χ0v) is 12.8. The van der Waals surface area contributed by atoms with E-state index < -0.39 is 0 Å². The summed E-state index contributed by atoms with van der Waals surface area (Å²) in [7, 11) is 0. The molecule has 112 valence electrons. The number of hydrogen-bond donors (Lipinski definition) is 2. The highest BCUT2D eigenvalue weighted by molar-refractivity contribution is 5.79. The molecule has 1 aliphatic rings. The van der Waals surface area contributed by atoms with Crippen LogP contribution >= 0.6 is 0 Å². The van der Waals surface area contributed by atoms with Crippen molar-refractivity contribution in [3.05, 3.63) is 29.3 Å². The molecular weight excluding hydrogens is 264 g/mol. The first-order valence-corrected chi connectivity index (χ1v) is 7.27. The van der Waals surface area contributed by atoms with E-state index in [0.717, 1.165) is 23.2 Å². The third kappa shape index (κ3) is 3.53. The van der Waals surface area contributed by atoms with Crippen LogP contribution in [0.1, 0.15) is 24.5 Å². The summed E-state index contributed by atoms with van der Waals surface area (Å²) in [6.45, 7) is 6.96. The molecule has 1 aliphatic heterocycles. The van der Waals surface area contributed by atoms with Gasteiger partial charge in [-0.05, 0) is 37.3 Å². The zero-order valence-electron chi connectivity index (χ0n) is 12.8. The van der Waals surface area contributed by atoms with Gasteiger partial charge in [0.1, 0.15) is 6.04 Å². The van der Waals surface area contributed by atoms with E-state index in [1.807, 2.05) is 32.0 Å². The molecule has 0 radical (unpaired) electrons. The van der Waals surface area contributed by atoms with Gasteiger partial charge in [0.05, 0.1) is 18.3 Å². The fraction of sp³-hybridized carbons (Fsp3) is 0.500. The predicted molar refractivity (Wildman–Crippen MR) is 82.4 cm³/mol. The molecule has 5 nitrogen and oxygen atoms in total. The smallest absolute Gasteiger partial charge is 0.239 e. The third-order valence-corrected chi connectivity index (χ3v) is 3.91. The van der Waals surface area contributed by atoms with Crippen LogP contribution in [0.15, 0.2) is 18.2 Å². The van der Waals surface area contributed by atoms with Crippen molar-refractivity contribution >= 4 is 11.6 Å². The molecule has 0 saturated carbocycles. The fourth-order valence-electron chi connectivity index (χ4n) is 2.77. The first kappa shape index (κ1) is 15.3. The number of hydrogen-bond acceptors (Lipinski definition) is 4. The van der Waals surface area contributed by atoms with E-state index in [1.54, 1.807) is 4.90 Å². The molecule has 1 aromatic rings. The number of aryl methyl sites for hydroxylation is 2. The molecule has 2 unspecified atom stereocenters. The highest BCUT2D eigenvalue weighted by Crippen LogP contribution is 2.22. The van der Waals surface area contributed by atoms with E-state index in [-0.39, 0.29) is 18.5 Å². The molecule has 1 fully saturated rings. The second-order valence-electron chi connectivity index (χ2n) is 5.78. The molecule has 2 atom stereocenters. The van der Waals surface area contributed by atoms with Crippen molar-refractivity contribution in [1.29, 1.82) is 5.26 Å². The monoisotopic (exact) mass is 286 g/mol. The fourth-order valence-corrected chi connectivity index (χ4v) is 2.77.